The highest BCUT2D eigenvalue weighted by Gasteiger charge is 2.43. The fraction of sp³-hybridized carbons (Fsp3) is 0.477. The molecule has 0 bridgehead atoms. The number of piperazine rings is 1. The van der Waals surface area contributed by atoms with Crippen LogP contribution in [0.5, 0.6) is 5.75 Å². The van der Waals surface area contributed by atoms with Gasteiger partial charge in [-0.3, -0.25) is 14.5 Å². The van der Waals surface area contributed by atoms with E-state index in [4.69, 9.17) is 16.3 Å². The first kappa shape index (κ1) is 43.1. The number of nitrogens with one attached hydrogen (secondary N) is 3. The van der Waals surface area contributed by atoms with Crippen LogP contribution >= 0.6 is 22.9 Å². The molecule has 3 fully saturated rings. The summed E-state index contributed by atoms with van der Waals surface area (Å²) >= 11 is 8.20. The number of hydrogen-bond donors (Lipinski definition) is 3. The summed E-state index contributed by atoms with van der Waals surface area (Å²) in [6, 6.07) is 24.1. The van der Waals surface area contributed by atoms with Gasteiger partial charge in [0.1, 0.15) is 6.04 Å². The monoisotopic (exact) mass is 862 g/mol. The number of likely N-dealkylation sites (tertiary alicyclic amines) is 1. The van der Waals surface area contributed by atoms with E-state index in [0.717, 1.165) is 67.2 Å². The second-order valence-electron chi connectivity index (χ2n) is 16.4. The average Bonchev–Trinajstić information content (AvgIpc) is 3.91. The molecule has 3 aromatic carbocycles. The van der Waals surface area contributed by atoms with Crippen molar-refractivity contribution in [3.8, 4) is 5.75 Å². The minimum Gasteiger partial charge on any atom is -0.409 e. The lowest BCUT2D eigenvalue weighted by Gasteiger charge is -2.43. The summed E-state index contributed by atoms with van der Waals surface area (Å²) in [4.78, 5) is 49.1. The Kier molecular flexibility index (Phi) is 14.3. The minimum absolute atomic E-state index is 0.0531. The van der Waals surface area contributed by atoms with E-state index in [-0.39, 0.29) is 55.2 Å². The van der Waals surface area contributed by atoms with E-state index in [0.29, 0.717) is 30.8 Å². The zero-order valence-electron chi connectivity index (χ0n) is 33.6. The summed E-state index contributed by atoms with van der Waals surface area (Å²) in [6.45, 7) is 3.94. The number of unbranched alkanes of at least 4 members (excludes halogenated alkanes) is 1. The number of carbonyl (C=O) groups excluding carboxylic acids is 3. The Morgan fingerprint density at radius 3 is 2.47 bits per heavy atom. The van der Waals surface area contributed by atoms with Crippen LogP contribution in [0.4, 0.5) is 4.79 Å². The van der Waals surface area contributed by atoms with Crippen molar-refractivity contribution < 1.29 is 27.5 Å². The van der Waals surface area contributed by atoms with Crippen LogP contribution in [0.3, 0.4) is 0 Å². The first-order valence-corrected chi connectivity index (χ1v) is 23.8. The van der Waals surface area contributed by atoms with E-state index in [1.165, 1.54) is 28.2 Å². The standard InChI is InChI=1S/C44H55ClN6O6S2/c1-59(55,56)47-23-8-7-15-37(48-34-18-20-44(21-19-34)22-24-49(31-44)29-32-10-3-2-4-11-32)42(53)51-26-25-50(30-38(51)41(52)46-28-35-13-9-27-58-35)43(54)57-39-17-16-33-12-5-6-14-36(33)40(39)45/h2-6,9-14,16-17,27,34,37-38,47-48H,7-8,15,18-26,28-31H2,1H3,(H,46,52)/t34?,37-,38+,44?/m1/s1. The van der Waals surface area contributed by atoms with Crippen LogP contribution in [0.15, 0.2) is 84.2 Å². The third-order valence-electron chi connectivity index (χ3n) is 12.1. The lowest BCUT2D eigenvalue weighted by molar-refractivity contribution is -0.145. The summed E-state index contributed by atoms with van der Waals surface area (Å²) in [6.07, 6.45) is 7.33. The van der Waals surface area contributed by atoms with Crippen LogP contribution in [0.1, 0.15) is 61.8 Å². The number of amides is 3. The SMILES string of the molecule is CS(=O)(=O)NCCCC[C@@H](NC1CCC2(CC1)CCN(Cc1ccccc1)C2)C(=O)N1CCN(C(=O)Oc2ccc3ccccc3c2Cl)C[C@H]1C(=O)NCc1cccs1. The van der Waals surface area contributed by atoms with Crippen molar-refractivity contribution in [2.24, 2.45) is 5.41 Å². The molecule has 2 atom stereocenters. The molecule has 4 aromatic rings. The van der Waals surface area contributed by atoms with Gasteiger partial charge in [-0.2, -0.15) is 0 Å². The molecule has 3 heterocycles. The van der Waals surface area contributed by atoms with Crippen molar-refractivity contribution in [1.29, 1.82) is 0 Å². The molecule has 3 N–H and O–H groups in total. The second kappa shape index (κ2) is 19.6. The molecule has 59 heavy (non-hydrogen) atoms. The largest absolute Gasteiger partial charge is 0.415 e. The molecule has 2 aliphatic heterocycles. The van der Waals surface area contributed by atoms with Gasteiger partial charge in [0.25, 0.3) is 0 Å². The minimum atomic E-state index is -3.33. The molecule has 2 saturated heterocycles. The van der Waals surface area contributed by atoms with Gasteiger partial charge in [-0.1, -0.05) is 84.8 Å². The molecule has 1 spiro atoms. The molecular weight excluding hydrogens is 808 g/mol. The summed E-state index contributed by atoms with van der Waals surface area (Å²) in [5.74, 6) is -0.332. The first-order valence-electron chi connectivity index (χ1n) is 20.7. The highest BCUT2D eigenvalue weighted by atomic mass is 35.5. The molecule has 0 radical (unpaired) electrons. The number of ether oxygens (including phenoxy) is 1. The van der Waals surface area contributed by atoms with Gasteiger partial charge in [0.2, 0.25) is 21.8 Å². The van der Waals surface area contributed by atoms with Gasteiger partial charge in [-0.25, -0.2) is 17.9 Å². The second-order valence-corrected chi connectivity index (χ2v) is 19.6. The van der Waals surface area contributed by atoms with Crippen LogP contribution in [0.25, 0.3) is 10.8 Å². The topological polar surface area (TPSA) is 140 Å². The number of fused-ring (bicyclic) bond motifs is 1. The van der Waals surface area contributed by atoms with Crippen LogP contribution in [0.2, 0.25) is 5.02 Å². The van der Waals surface area contributed by atoms with Gasteiger partial charge >= 0.3 is 6.09 Å². The molecule has 15 heteroatoms. The van der Waals surface area contributed by atoms with E-state index in [2.05, 4.69) is 50.6 Å². The highest BCUT2D eigenvalue weighted by Crippen LogP contribution is 2.44. The van der Waals surface area contributed by atoms with Gasteiger partial charge in [-0.05, 0) is 85.4 Å². The predicted octanol–water partition coefficient (Wildman–Crippen LogP) is 6.40. The van der Waals surface area contributed by atoms with Crippen molar-refractivity contribution >= 4 is 61.6 Å². The Morgan fingerprint density at radius 1 is 0.932 bits per heavy atom. The number of rotatable bonds is 15. The Bertz CT molecular complexity index is 2170. The number of carbonyl (C=O) groups is 3. The number of hydrogen-bond acceptors (Lipinski definition) is 9. The molecule has 3 amide bonds. The number of sulfonamides is 1. The number of nitrogens with zero attached hydrogens (tertiary/aromatic N) is 3. The Labute approximate surface area is 356 Å². The summed E-state index contributed by atoms with van der Waals surface area (Å²) in [5, 5.41) is 10.7. The summed E-state index contributed by atoms with van der Waals surface area (Å²) in [5.41, 5.74) is 1.61. The maximum Gasteiger partial charge on any atom is 0.415 e. The van der Waals surface area contributed by atoms with E-state index in [1.54, 1.807) is 11.0 Å². The van der Waals surface area contributed by atoms with Crippen LogP contribution in [0, 0.1) is 5.41 Å². The maximum atomic E-state index is 14.8. The van der Waals surface area contributed by atoms with Crippen molar-refractivity contribution in [2.75, 3.05) is 45.5 Å². The molecule has 7 rings (SSSR count). The summed E-state index contributed by atoms with van der Waals surface area (Å²) in [7, 11) is -3.33. The lowest BCUT2D eigenvalue weighted by atomic mass is 9.72. The molecular formula is C44H55ClN6O6S2. The zero-order valence-corrected chi connectivity index (χ0v) is 36.0. The third-order valence-corrected chi connectivity index (χ3v) is 14.1. The van der Waals surface area contributed by atoms with Crippen LogP contribution in [-0.2, 0) is 32.7 Å². The van der Waals surface area contributed by atoms with E-state index in [9.17, 15) is 22.8 Å². The predicted molar refractivity (Wildman–Crippen MR) is 233 cm³/mol. The highest BCUT2D eigenvalue weighted by molar-refractivity contribution is 7.88. The van der Waals surface area contributed by atoms with Gasteiger partial charge in [0, 0.05) is 49.0 Å². The fourth-order valence-electron chi connectivity index (χ4n) is 8.90. The molecule has 1 saturated carbocycles. The van der Waals surface area contributed by atoms with Crippen molar-refractivity contribution in [1.82, 2.24) is 30.1 Å². The van der Waals surface area contributed by atoms with Gasteiger partial charge in [-0.15, -0.1) is 11.3 Å². The zero-order chi connectivity index (χ0) is 41.4. The number of halogens is 1. The van der Waals surface area contributed by atoms with Crippen LogP contribution < -0.4 is 20.1 Å². The van der Waals surface area contributed by atoms with Gasteiger partial charge < -0.3 is 25.2 Å². The molecule has 12 nitrogen and oxygen atoms in total. The quantitative estimate of drug-likeness (QED) is 0.117. The molecule has 3 aliphatic rings. The van der Waals surface area contributed by atoms with Gasteiger partial charge in [0.05, 0.1) is 30.4 Å². The van der Waals surface area contributed by atoms with Crippen LogP contribution in [-0.4, -0.2) is 105 Å². The Morgan fingerprint density at radius 2 is 1.71 bits per heavy atom. The van der Waals surface area contributed by atoms with E-state index >= 15 is 0 Å². The van der Waals surface area contributed by atoms with Crippen molar-refractivity contribution in [3.63, 3.8) is 0 Å². The van der Waals surface area contributed by atoms with E-state index < -0.39 is 28.2 Å². The summed E-state index contributed by atoms with van der Waals surface area (Å²) < 4.78 is 31.8. The lowest BCUT2D eigenvalue weighted by Crippen LogP contribution is -2.64. The van der Waals surface area contributed by atoms with E-state index in [1.807, 2.05) is 47.8 Å². The van der Waals surface area contributed by atoms with Crippen molar-refractivity contribution in [2.45, 2.75) is 82.6 Å². The Hall–Kier alpha value is -4.05. The normalized spacial score (nSPS) is 21.8. The third kappa shape index (κ3) is 11.4. The molecule has 1 aliphatic carbocycles. The smallest absolute Gasteiger partial charge is 0.409 e. The molecule has 316 valence electrons. The fourth-order valence-corrected chi connectivity index (χ4v) is 10.3. The molecule has 0 unspecified atom stereocenters. The Balaban J connectivity index is 1.04. The van der Waals surface area contributed by atoms with Gasteiger partial charge in [0.15, 0.2) is 5.75 Å². The maximum absolute atomic E-state index is 14.8. The first-order chi connectivity index (χ1) is 28.5. The number of thiophene rings is 1. The molecule has 1 aromatic heterocycles. The number of benzene rings is 3. The van der Waals surface area contributed by atoms with Crippen molar-refractivity contribution in [3.05, 3.63) is 99.7 Å². The average molecular weight is 864 g/mol.